The maximum atomic E-state index is 10.4. The summed E-state index contributed by atoms with van der Waals surface area (Å²) in [6.07, 6.45) is 0.546. The van der Waals surface area contributed by atoms with Crippen molar-refractivity contribution in [2.24, 2.45) is 0 Å². The number of hydrogen-bond acceptors (Lipinski definition) is 5. The Balaban J connectivity index is 2.12. The van der Waals surface area contributed by atoms with E-state index in [1.54, 1.807) is 18.0 Å². The summed E-state index contributed by atoms with van der Waals surface area (Å²) in [7, 11) is 1.63. The van der Waals surface area contributed by atoms with Crippen molar-refractivity contribution >= 4 is 15.9 Å². The van der Waals surface area contributed by atoms with Gasteiger partial charge in [0.2, 0.25) is 0 Å². The lowest BCUT2D eigenvalue weighted by Crippen LogP contribution is -2.35. The number of hydrogen-bond donors (Lipinski definition) is 1. The average Bonchev–Trinajstić information content (AvgIpc) is 2.77. The molecule has 1 aromatic rings. The number of aliphatic hydroxyl groups is 1. The molecule has 0 radical (unpaired) electrons. The lowest BCUT2D eigenvalue weighted by atomic mass is 10.1. The predicted molar refractivity (Wildman–Crippen MR) is 67.3 cm³/mol. The van der Waals surface area contributed by atoms with E-state index >= 15 is 0 Å². The van der Waals surface area contributed by atoms with E-state index < -0.39 is 6.10 Å². The molecule has 0 aromatic carbocycles. The zero-order valence-corrected chi connectivity index (χ0v) is 11.8. The second-order valence-corrected chi connectivity index (χ2v) is 4.88. The third-order valence-electron chi connectivity index (χ3n) is 2.81. The maximum Gasteiger partial charge on any atom is 0.125 e. The monoisotopic (exact) mass is 320 g/mol. The van der Waals surface area contributed by atoms with Crippen LogP contribution in [0, 0.1) is 0 Å². The molecule has 0 saturated carbocycles. The first-order valence-corrected chi connectivity index (χ1v) is 6.61. The molecule has 102 valence electrons. The summed E-state index contributed by atoms with van der Waals surface area (Å²) >= 11 is 3.40. The van der Waals surface area contributed by atoms with Crippen LogP contribution >= 0.6 is 15.9 Å². The van der Waals surface area contributed by atoms with Crippen molar-refractivity contribution in [2.75, 3.05) is 33.5 Å². The summed E-state index contributed by atoms with van der Waals surface area (Å²) in [5.74, 6) is 0. The highest BCUT2D eigenvalue weighted by Gasteiger charge is 2.29. The molecule has 1 aliphatic rings. The lowest BCUT2D eigenvalue weighted by Gasteiger charge is -2.27. The number of nitrogens with zero attached hydrogens (tertiary/aromatic N) is 2. The van der Waals surface area contributed by atoms with Crippen molar-refractivity contribution < 1.29 is 19.3 Å². The van der Waals surface area contributed by atoms with Crippen LogP contribution in [0.3, 0.4) is 0 Å². The molecule has 1 aromatic heterocycles. The maximum absolute atomic E-state index is 10.4. The Bertz CT molecular complexity index is 379. The molecular weight excluding hydrogens is 304 g/mol. The Hall–Kier alpha value is -0.470. The van der Waals surface area contributed by atoms with Crippen LogP contribution in [0.4, 0.5) is 0 Å². The Morgan fingerprint density at radius 1 is 1.67 bits per heavy atom. The van der Waals surface area contributed by atoms with E-state index in [4.69, 9.17) is 14.2 Å². The molecule has 0 spiro atoms. The van der Waals surface area contributed by atoms with E-state index in [-0.39, 0.29) is 6.10 Å². The molecule has 6 nitrogen and oxygen atoms in total. The molecule has 7 heteroatoms. The van der Waals surface area contributed by atoms with Gasteiger partial charge in [0.15, 0.2) is 0 Å². The van der Waals surface area contributed by atoms with E-state index in [1.807, 2.05) is 0 Å². The van der Waals surface area contributed by atoms with Gasteiger partial charge in [-0.3, -0.25) is 4.68 Å². The quantitative estimate of drug-likeness (QED) is 0.867. The summed E-state index contributed by atoms with van der Waals surface area (Å²) in [4.78, 5) is 0. The van der Waals surface area contributed by atoms with E-state index in [2.05, 4.69) is 21.0 Å². The van der Waals surface area contributed by atoms with Gasteiger partial charge < -0.3 is 19.3 Å². The molecule has 0 amide bonds. The molecular formula is C11H17BrN2O4. The van der Waals surface area contributed by atoms with Crippen molar-refractivity contribution in [3.63, 3.8) is 0 Å². The molecule has 1 fully saturated rings. The number of rotatable bonds is 5. The van der Waals surface area contributed by atoms with Crippen LogP contribution in [-0.4, -0.2) is 54.5 Å². The highest BCUT2D eigenvalue weighted by Crippen LogP contribution is 2.28. The summed E-state index contributed by atoms with van der Waals surface area (Å²) in [5, 5.41) is 14.6. The Kier molecular flexibility index (Phi) is 5.13. The van der Waals surface area contributed by atoms with Gasteiger partial charge in [-0.05, 0) is 15.9 Å². The van der Waals surface area contributed by atoms with Crippen LogP contribution < -0.4 is 0 Å². The fourth-order valence-corrected chi connectivity index (χ4v) is 2.42. The van der Waals surface area contributed by atoms with Gasteiger partial charge in [0.1, 0.15) is 12.2 Å². The summed E-state index contributed by atoms with van der Waals surface area (Å²) in [5.41, 5.74) is 0.697. The third-order valence-corrected chi connectivity index (χ3v) is 3.43. The fourth-order valence-electron chi connectivity index (χ4n) is 1.89. The van der Waals surface area contributed by atoms with Gasteiger partial charge >= 0.3 is 0 Å². The molecule has 2 atom stereocenters. The zero-order chi connectivity index (χ0) is 13.0. The highest BCUT2D eigenvalue weighted by atomic mass is 79.9. The van der Waals surface area contributed by atoms with Gasteiger partial charge in [-0.25, -0.2) is 0 Å². The van der Waals surface area contributed by atoms with Crippen LogP contribution in [0.25, 0.3) is 0 Å². The van der Waals surface area contributed by atoms with Crippen molar-refractivity contribution in [1.29, 1.82) is 0 Å². The number of ether oxygens (including phenoxy) is 3. The standard InChI is InChI=1S/C11H17BrN2O4/c1-16-3-2-14-10(8(12)6-13-14)11(15)9-7-17-4-5-18-9/h6,9,11,15H,2-5,7H2,1H3. The Morgan fingerprint density at radius 2 is 2.50 bits per heavy atom. The molecule has 2 rings (SSSR count). The number of halogens is 1. The van der Waals surface area contributed by atoms with E-state index in [0.717, 1.165) is 4.47 Å². The SMILES string of the molecule is COCCn1ncc(Br)c1C(O)C1COCCO1. The first kappa shape index (κ1) is 14.0. The average molecular weight is 321 g/mol. The van der Waals surface area contributed by atoms with Gasteiger partial charge in [0.05, 0.1) is 49.3 Å². The van der Waals surface area contributed by atoms with E-state index in [9.17, 15) is 5.11 Å². The van der Waals surface area contributed by atoms with Gasteiger partial charge in [-0.1, -0.05) is 0 Å². The minimum absolute atomic E-state index is 0.354. The first-order chi connectivity index (χ1) is 8.74. The minimum Gasteiger partial charge on any atom is -0.384 e. The lowest BCUT2D eigenvalue weighted by molar-refractivity contribution is -0.135. The number of aliphatic hydroxyl groups excluding tert-OH is 1. The summed E-state index contributed by atoms with van der Waals surface area (Å²) < 4.78 is 18.3. The predicted octanol–water partition coefficient (Wildman–Crippen LogP) is 0.741. The van der Waals surface area contributed by atoms with Crippen LogP contribution in [0.2, 0.25) is 0 Å². The van der Waals surface area contributed by atoms with E-state index in [0.29, 0.717) is 38.7 Å². The Labute approximate surface area is 114 Å². The molecule has 1 aliphatic heterocycles. The molecule has 18 heavy (non-hydrogen) atoms. The largest absolute Gasteiger partial charge is 0.384 e. The molecule has 0 aliphatic carbocycles. The van der Waals surface area contributed by atoms with Gasteiger partial charge in [-0.15, -0.1) is 0 Å². The number of aromatic nitrogens is 2. The number of methoxy groups -OCH3 is 1. The van der Waals surface area contributed by atoms with Crippen LogP contribution in [0.5, 0.6) is 0 Å². The fraction of sp³-hybridized carbons (Fsp3) is 0.727. The molecule has 0 bridgehead atoms. The van der Waals surface area contributed by atoms with E-state index in [1.165, 1.54) is 0 Å². The van der Waals surface area contributed by atoms with Crippen LogP contribution in [0.1, 0.15) is 11.8 Å². The highest BCUT2D eigenvalue weighted by molar-refractivity contribution is 9.10. The topological polar surface area (TPSA) is 65.7 Å². The summed E-state index contributed by atoms with van der Waals surface area (Å²) in [6.45, 7) is 2.60. The minimum atomic E-state index is -0.765. The van der Waals surface area contributed by atoms with Crippen molar-refractivity contribution in [2.45, 2.75) is 18.8 Å². The van der Waals surface area contributed by atoms with Gasteiger partial charge in [0.25, 0.3) is 0 Å². The first-order valence-electron chi connectivity index (χ1n) is 5.81. The van der Waals surface area contributed by atoms with Crippen LogP contribution in [-0.2, 0) is 20.8 Å². The second-order valence-electron chi connectivity index (χ2n) is 4.02. The van der Waals surface area contributed by atoms with Crippen molar-refractivity contribution in [1.82, 2.24) is 9.78 Å². The second kappa shape index (κ2) is 6.63. The van der Waals surface area contributed by atoms with Crippen molar-refractivity contribution in [3.8, 4) is 0 Å². The Morgan fingerprint density at radius 3 is 3.17 bits per heavy atom. The van der Waals surface area contributed by atoms with Crippen molar-refractivity contribution in [3.05, 3.63) is 16.4 Å². The third kappa shape index (κ3) is 3.10. The normalized spacial score (nSPS) is 22.1. The molecule has 1 saturated heterocycles. The van der Waals surface area contributed by atoms with Gasteiger partial charge in [0, 0.05) is 7.11 Å². The van der Waals surface area contributed by atoms with Gasteiger partial charge in [-0.2, -0.15) is 5.10 Å². The van der Waals surface area contributed by atoms with Crippen LogP contribution in [0.15, 0.2) is 10.7 Å². The zero-order valence-electron chi connectivity index (χ0n) is 10.2. The molecule has 1 N–H and O–H groups in total. The molecule has 2 heterocycles. The summed E-state index contributed by atoms with van der Waals surface area (Å²) in [6, 6.07) is 0. The smallest absolute Gasteiger partial charge is 0.125 e. The molecule has 2 unspecified atom stereocenters.